The lowest BCUT2D eigenvalue weighted by Gasteiger charge is -2.25. The molecule has 0 aliphatic carbocycles. The van der Waals surface area contributed by atoms with Crippen molar-refractivity contribution < 1.29 is 18.7 Å². The summed E-state index contributed by atoms with van der Waals surface area (Å²) in [6, 6.07) is 11.5. The Bertz CT molecular complexity index is 834. The molecule has 2 aromatic carbocycles. The normalized spacial score (nSPS) is 15.6. The van der Waals surface area contributed by atoms with Crippen molar-refractivity contribution in [2.45, 2.75) is 26.8 Å². The third-order valence-corrected chi connectivity index (χ3v) is 4.51. The molecule has 1 heterocycles. The number of fused-ring (bicyclic) bond motifs is 1. The predicted molar refractivity (Wildman–Crippen MR) is 101 cm³/mol. The van der Waals surface area contributed by atoms with Crippen molar-refractivity contribution in [3.05, 3.63) is 59.4 Å². The van der Waals surface area contributed by atoms with Crippen molar-refractivity contribution in [1.29, 1.82) is 0 Å². The minimum absolute atomic E-state index is 0.0553. The van der Waals surface area contributed by atoms with Gasteiger partial charge in [0.2, 0.25) is 11.8 Å². The number of hydrogen-bond acceptors (Lipinski definition) is 3. The fraction of sp³-hybridized carbons (Fsp3) is 0.333. The molecule has 0 aromatic heterocycles. The van der Waals surface area contributed by atoms with Gasteiger partial charge in [-0.25, -0.2) is 4.39 Å². The number of amides is 2. The van der Waals surface area contributed by atoms with Gasteiger partial charge >= 0.3 is 0 Å². The first-order valence-electron chi connectivity index (χ1n) is 9.01. The van der Waals surface area contributed by atoms with E-state index in [1.807, 2.05) is 26.0 Å². The number of ether oxygens (including phenoxy) is 1. The van der Waals surface area contributed by atoms with E-state index in [1.165, 1.54) is 12.1 Å². The molecule has 142 valence electrons. The van der Waals surface area contributed by atoms with E-state index in [2.05, 4.69) is 10.6 Å². The molecule has 2 amide bonds. The van der Waals surface area contributed by atoms with Gasteiger partial charge in [-0.3, -0.25) is 9.59 Å². The molecule has 1 aliphatic rings. The van der Waals surface area contributed by atoms with E-state index in [4.69, 9.17) is 4.74 Å². The van der Waals surface area contributed by atoms with Gasteiger partial charge in [-0.1, -0.05) is 26.0 Å². The lowest BCUT2D eigenvalue weighted by atomic mass is 9.95. The molecule has 2 aromatic rings. The lowest BCUT2D eigenvalue weighted by Crippen LogP contribution is -2.37. The highest BCUT2D eigenvalue weighted by atomic mass is 19.1. The Morgan fingerprint density at radius 1 is 1.19 bits per heavy atom. The Morgan fingerprint density at radius 2 is 1.93 bits per heavy atom. The van der Waals surface area contributed by atoms with E-state index in [0.29, 0.717) is 25.3 Å². The maximum Gasteiger partial charge on any atom is 0.227 e. The Kier molecular flexibility index (Phi) is 5.74. The summed E-state index contributed by atoms with van der Waals surface area (Å²) in [5.41, 5.74) is 2.42. The molecule has 0 unspecified atom stereocenters. The summed E-state index contributed by atoms with van der Waals surface area (Å²) >= 11 is 0. The fourth-order valence-corrected chi connectivity index (χ4v) is 2.86. The Morgan fingerprint density at radius 3 is 2.63 bits per heavy atom. The van der Waals surface area contributed by atoms with Crippen LogP contribution in [0, 0.1) is 17.7 Å². The summed E-state index contributed by atoms with van der Waals surface area (Å²) in [6.07, 6.45) is 0.538. The van der Waals surface area contributed by atoms with Gasteiger partial charge in [0, 0.05) is 18.2 Å². The second-order valence-corrected chi connectivity index (χ2v) is 7.02. The lowest BCUT2D eigenvalue weighted by molar-refractivity contribution is -0.126. The van der Waals surface area contributed by atoms with Crippen molar-refractivity contribution in [3.63, 3.8) is 0 Å². The highest BCUT2D eigenvalue weighted by Gasteiger charge is 2.26. The van der Waals surface area contributed by atoms with Crippen LogP contribution in [0.25, 0.3) is 0 Å². The minimum Gasteiger partial charge on any atom is -0.492 e. The molecule has 0 bridgehead atoms. The number of hydrogen-bond donors (Lipinski definition) is 2. The molecule has 6 heteroatoms. The number of anilines is 1. The number of nitrogens with one attached hydrogen (secondary N) is 2. The highest BCUT2D eigenvalue weighted by molar-refractivity contribution is 5.92. The van der Waals surface area contributed by atoms with Crippen LogP contribution in [0.5, 0.6) is 5.75 Å². The van der Waals surface area contributed by atoms with Gasteiger partial charge in [0.15, 0.2) is 0 Å². The van der Waals surface area contributed by atoms with Crippen molar-refractivity contribution in [2.75, 3.05) is 11.9 Å². The number of rotatable bonds is 5. The average molecular weight is 370 g/mol. The second kappa shape index (κ2) is 8.20. The van der Waals surface area contributed by atoms with Crippen LogP contribution >= 0.6 is 0 Å². The van der Waals surface area contributed by atoms with Crippen LogP contribution in [-0.2, 0) is 22.6 Å². The zero-order chi connectivity index (χ0) is 19.4. The third kappa shape index (κ3) is 4.84. The van der Waals surface area contributed by atoms with Crippen LogP contribution in [0.15, 0.2) is 42.5 Å². The van der Waals surface area contributed by atoms with Gasteiger partial charge in [0.25, 0.3) is 0 Å². The molecular formula is C21H23FN2O3. The molecule has 2 N–H and O–H groups in total. The number of carbonyl (C=O) groups excluding carboxylic acids is 2. The Labute approximate surface area is 157 Å². The summed E-state index contributed by atoms with van der Waals surface area (Å²) < 4.78 is 18.7. The summed E-state index contributed by atoms with van der Waals surface area (Å²) in [6.45, 7) is 4.31. The summed E-state index contributed by atoms with van der Waals surface area (Å²) in [7, 11) is 0. The summed E-state index contributed by atoms with van der Waals surface area (Å²) in [5.74, 6) is -0.152. The van der Waals surface area contributed by atoms with Gasteiger partial charge in [-0.05, 0) is 47.9 Å². The van der Waals surface area contributed by atoms with E-state index in [1.54, 1.807) is 18.2 Å². The van der Waals surface area contributed by atoms with Crippen molar-refractivity contribution in [3.8, 4) is 5.75 Å². The molecule has 5 nitrogen and oxygen atoms in total. The first-order valence-corrected chi connectivity index (χ1v) is 9.01. The molecule has 0 fully saturated rings. The van der Waals surface area contributed by atoms with Crippen LogP contribution in [0.4, 0.5) is 10.1 Å². The number of benzene rings is 2. The standard InChI is InChI=1S/C21H23FN2O3/c1-13(2)20(25)24-18-7-8-19-15(10-18)9-16(12-27-19)21(26)23-11-14-3-5-17(22)6-4-14/h3-8,10,13,16H,9,11-12H2,1-2H3,(H,23,26)(H,24,25)/t16-/m0/s1. The third-order valence-electron chi connectivity index (χ3n) is 4.51. The second-order valence-electron chi connectivity index (χ2n) is 7.02. The molecule has 0 saturated carbocycles. The molecule has 0 saturated heterocycles. The van der Waals surface area contributed by atoms with Crippen LogP contribution < -0.4 is 15.4 Å². The summed E-state index contributed by atoms with van der Waals surface area (Å²) in [4.78, 5) is 24.3. The van der Waals surface area contributed by atoms with Gasteiger partial charge in [-0.2, -0.15) is 0 Å². The molecule has 0 spiro atoms. The van der Waals surface area contributed by atoms with E-state index >= 15 is 0 Å². The minimum atomic E-state index is -0.311. The average Bonchev–Trinajstić information content (AvgIpc) is 2.66. The van der Waals surface area contributed by atoms with Crippen LogP contribution in [0.2, 0.25) is 0 Å². The van der Waals surface area contributed by atoms with E-state index < -0.39 is 0 Å². The fourth-order valence-electron chi connectivity index (χ4n) is 2.86. The van der Waals surface area contributed by atoms with E-state index in [-0.39, 0.29) is 29.5 Å². The molecular weight excluding hydrogens is 347 g/mol. The Hall–Kier alpha value is -2.89. The number of halogens is 1. The monoisotopic (exact) mass is 370 g/mol. The van der Waals surface area contributed by atoms with Crippen LogP contribution in [0.3, 0.4) is 0 Å². The smallest absolute Gasteiger partial charge is 0.227 e. The molecule has 3 rings (SSSR count). The first-order chi connectivity index (χ1) is 12.9. The zero-order valence-electron chi connectivity index (χ0n) is 15.4. The maximum absolute atomic E-state index is 12.9. The van der Waals surface area contributed by atoms with Crippen LogP contribution in [-0.4, -0.2) is 18.4 Å². The molecule has 27 heavy (non-hydrogen) atoms. The number of carbonyl (C=O) groups is 2. The quantitative estimate of drug-likeness (QED) is 0.849. The maximum atomic E-state index is 12.9. The van der Waals surface area contributed by atoms with Gasteiger partial charge in [0.05, 0.1) is 5.92 Å². The van der Waals surface area contributed by atoms with Gasteiger partial charge in [-0.15, -0.1) is 0 Å². The van der Waals surface area contributed by atoms with Crippen LogP contribution in [0.1, 0.15) is 25.0 Å². The molecule has 1 atom stereocenters. The highest BCUT2D eigenvalue weighted by Crippen LogP contribution is 2.30. The molecule has 1 aliphatic heterocycles. The SMILES string of the molecule is CC(C)C(=O)Nc1ccc2c(c1)C[C@H](C(=O)NCc1ccc(F)cc1)CO2. The van der Waals surface area contributed by atoms with Gasteiger partial charge < -0.3 is 15.4 Å². The summed E-state index contributed by atoms with van der Waals surface area (Å²) in [5, 5.41) is 5.73. The van der Waals surface area contributed by atoms with E-state index in [0.717, 1.165) is 16.9 Å². The predicted octanol–water partition coefficient (Wildman–Crippen LogP) is 3.29. The first kappa shape index (κ1) is 18.9. The zero-order valence-corrected chi connectivity index (χ0v) is 15.4. The molecule has 0 radical (unpaired) electrons. The topological polar surface area (TPSA) is 67.4 Å². The van der Waals surface area contributed by atoms with E-state index in [9.17, 15) is 14.0 Å². The van der Waals surface area contributed by atoms with Crippen molar-refractivity contribution in [1.82, 2.24) is 5.32 Å². The van der Waals surface area contributed by atoms with Crippen molar-refractivity contribution >= 4 is 17.5 Å². The largest absolute Gasteiger partial charge is 0.492 e. The van der Waals surface area contributed by atoms with Gasteiger partial charge in [0.1, 0.15) is 18.2 Å². The van der Waals surface area contributed by atoms with Crippen molar-refractivity contribution in [2.24, 2.45) is 11.8 Å². The Balaban J connectivity index is 1.61.